The molecule has 7 nitrogen and oxygen atoms in total. The van der Waals surface area contributed by atoms with Gasteiger partial charge in [-0.25, -0.2) is 0 Å². The van der Waals surface area contributed by atoms with Gasteiger partial charge in [0.15, 0.2) is 0 Å². The van der Waals surface area contributed by atoms with Gasteiger partial charge < -0.3 is 23.7 Å². The van der Waals surface area contributed by atoms with Crippen molar-refractivity contribution >= 4 is 11.9 Å². The summed E-state index contributed by atoms with van der Waals surface area (Å²) in [4.78, 5) is 24.0. The highest BCUT2D eigenvalue weighted by Gasteiger charge is 2.76. The number of rotatable bonds is 4. The van der Waals surface area contributed by atoms with Crippen LogP contribution in [0.5, 0.6) is 0 Å². The zero-order valence-corrected chi connectivity index (χ0v) is 18.9. The zero-order chi connectivity index (χ0) is 22.0. The second-order valence-electron chi connectivity index (χ2n) is 10.5. The van der Waals surface area contributed by atoms with Crippen LogP contribution >= 0.6 is 0 Å². The normalized spacial score (nSPS) is 49.8. The van der Waals surface area contributed by atoms with E-state index in [4.69, 9.17) is 23.7 Å². The van der Waals surface area contributed by atoms with Gasteiger partial charge in [-0.3, -0.25) is 9.59 Å². The van der Waals surface area contributed by atoms with E-state index in [0.717, 1.165) is 25.7 Å². The van der Waals surface area contributed by atoms with Gasteiger partial charge in [-0.2, -0.15) is 0 Å². The summed E-state index contributed by atoms with van der Waals surface area (Å²) in [7, 11) is 0. The van der Waals surface area contributed by atoms with Crippen LogP contribution in [0.3, 0.4) is 0 Å². The Kier molecular flexibility index (Phi) is 4.94. The van der Waals surface area contributed by atoms with Gasteiger partial charge in [0.2, 0.25) is 6.29 Å². The Morgan fingerprint density at radius 1 is 1.19 bits per heavy atom. The van der Waals surface area contributed by atoms with E-state index < -0.39 is 11.0 Å². The van der Waals surface area contributed by atoms with Crippen LogP contribution in [-0.2, 0) is 33.3 Å². The van der Waals surface area contributed by atoms with Gasteiger partial charge in [-0.15, -0.1) is 0 Å². The molecule has 0 aromatic carbocycles. The van der Waals surface area contributed by atoms with Crippen molar-refractivity contribution in [2.75, 3.05) is 13.2 Å². The summed E-state index contributed by atoms with van der Waals surface area (Å²) < 4.78 is 30.0. The van der Waals surface area contributed by atoms with E-state index in [0.29, 0.717) is 13.0 Å². The number of hydrogen-bond acceptors (Lipinski definition) is 7. The van der Waals surface area contributed by atoms with E-state index in [-0.39, 0.29) is 60.2 Å². The molecule has 9 atom stereocenters. The minimum absolute atomic E-state index is 0.0244. The summed E-state index contributed by atoms with van der Waals surface area (Å²) in [5, 5.41) is 0. The molecule has 0 N–H and O–H groups in total. The molecule has 3 heterocycles. The van der Waals surface area contributed by atoms with Crippen molar-refractivity contribution in [2.45, 2.75) is 83.9 Å². The smallest absolute Gasteiger partial charge is 0.302 e. The lowest BCUT2D eigenvalue weighted by atomic mass is 9.42. The van der Waals surface area contributed by atoms with Crippen molar-refractivity contribution in [3.05, 3.63) is 12.3 Å². The fraction of sp³-hybridized carbons (Fsp3) is 0.833. The van der Waals surface area contributed by atoms with Gasteiger partial charge in [0.25, 0.3) is 0 Å². The molecule has 0 bridgehead atoms. The maximum absolute atomic E-state index is 12.1. The minimum atomic E-state index is -0.568. The number of hydrogen-bond donors (Lipinski definition) is 0. The molecule has 1 spiro atoms. The van der Waals surface area contributed by atoms with E-state index in [1.807, 2.05) is 0 Å². The van der Waals surface area contributed by atoms with E-state index in [2.05, 4.69) is 19.9 Å². The first-order valence-corrected chi connectivity index (χ1v) is 11.6. The molecule has 172 valence electrons. The number of fused-ring (bicyclic) bond motifs is 3. The molecular weight excluding hydrogens is 400 g/mol. The third-order valence-corrected chi connectivity index (χ3v) is 9.18. The van der Waals surface area contributed by atoms with Crippen LogP contribution < -0.4 is 0 Å². The quantitative estimate of drug-likeness (QED) is 0.496. The Morgan fingerprint density at radius 2 is 1.97 bits per heavy atom. The van der Waals surface area contributed by atoms with Crippen molar-refractivity contribution in [3.63, 3.8) is 0 Å². The van der Waals surface area contributed by atoms with Gasteiger partial charge in [0, 0.05) is 25.2 Å². The second-order valence-corrected chi connectivity index (χ2v) is 10.5. The molecule has 3 aliphatic heterocycles. The topological polar surface area (TPSA) is 83.6 Å². The maximum Gasteiger partial charge on any atom is 0.302 e. The summed E-state index contributed by atoms with van der Waals surface area (Å²) in [6.45, 7) is 8.30. The molecule has 4 fully saturated rings. The summed E-state index contributed by atoms with van der Waals surface area (Å²) >= 11 is 0. The van der Waals surface area contributed by atoms with Crippen LogP contribution in [0.25, 0.3) is 0 Å². The maximum atomic E-state index is 12.1. The van der Waals surface area contributed by atoms with Crippen molar-refractivity contribution in [3.8, 4) is 0 Å². The van der Waals surface area contributed by atoms with Crippen LogP contribution in [0.1, 0.15) is 59.8 Å². The minimum Gasteiger partial charge on any atom is -0.472 e. The molecule has 2 aliphatic carbocycles. The number of carbonyl (C=O) groups is 2. The summed E-state index contributed by atoms with van der Waals surface area (Å²) in [5.41, 5.74) is -1.16. The van der Waals surface area contributed by atoms with Crippen LogP contribution in [0, 0.1) is 28.6 Å². The molecule has 0 amide bonds. The van der Waals surface area contributed by atoms with Gasteiger partial charge in [-0.1, -0.05) is 20.3 Å². The highest BCUT2D eigenvalue weighted by molar-refractivity contribution is 5.67. The van der Waals surface area contributed by atoms with Gasteiger partial charge in [-0.05, 0) is 43.6 Å². The number of esters is 2. The first-order valence-electron chi connectivity index (χ1n) is 11.6. The molecule has 2 saturated heterocycles. The SMILES string of the molecule is CC(=O)OC[C@]12[C@H](CCC[C@]13CO3)[C@](C)([C@H]1C[C@H]3C=CO[C@H]3O1)[C@@H](C)C[C@H]2OC(C)=O. The van der Waals surface area contributed by atoms with Crippen LogP contribution in [0.15, 0.2) is 12.3 Å². The molecule has 7 heteroatoms. The first kappa shape index (κ1) is 21.3. The Labute approximate surface area is 183 Å². The van der Waals surface area contributed by atoms with E-state index in [1.54, 1.807) is 6.26 Å². The molecule has 5 rings (SSSR count). The summed E-state index contributed by atoms with van der Waals surface area (Å²) in [6.07, 6.45) is 7.82. The van der Waals surface area contributed by atoms with Crippen molar-refractivity contribution < 1.29 is 33.3 Å². The Balaban J connectivity index is 1.58. The van der Waals surface area contributed by atoms with E-state index in [1.165, 1.54) is 13.8 Å². The van der Waals surface area contributed by atoms with E-state index in [9.17, 15) is 9.59 Å². The second kappa shape index (κ2) is 7.20. The van der Waals surface area contributed by atoms with Crippen LogP contribution in [0.4, 0.5) is 0 Å². The zero-order valence-electron chi connectivity index (χ0n) is 18.9. The fourth-order valence-electron chi connectivity index (χ4n) is 7.46. The highest BCUT2D eigenvalue weighted by atomic mass is 16.7. The molecule has 0 radical (unpaired) electrons. The number of epoxide rings is 1. The summed E-state index contributed by atoms with van der Waals surface area (Å²) in [6, 6.07) is 0. The Hall–Kier alpha value is -1.60. The van der Waals surface area contributed by atoms with Gasteiger partial charge in [0.1, 0.15) is 18.3 Å². The molecule has 31 heavy (non-hydrogen) atoms. The van der Waals surface area contributed by atoms with Crippen LogP contribution in [0.2, 0.25) is 0 Å². The third kappa shape index (κ3) is 2.99. The fourth-order valence-corrected chi connectivity index (χ4v) is 7.46. The average Bonchev–Trinajstić information content (AvgIpc) is 3.15. The van der Waals surface area contributed by atoms with Gasteiger partial charge in [0.05, 0.1) is 24.4 Å². The number of ether oxygens (including phenoxy) is 5. The van der Waals surface area contributed by atoms with E-state index >= 15 is 0 Å². The lowest BCUT2D eigenvalue weighted by Crippen LogP contribution is -2.69. The molecule has 5 aliphatic rings. The standard InChI is InChI=1S/C24H34O7/c1-14-10-20(30-16(3)26)24(13-28-15(2)25)18(6-5-8-23(24)12-29-23)22(14,4)19-11-17-7-9-27-21(17)31-19/h7,9,14,17-21H,5-6,8,10-13H2,1-4H3/t14-,17+,18+,19+,20+,21-,22+,23-,24+/m0/s1. The predicted octanol–water partition coefficient (Wildman–Crippen LogP) is 3.36. The lowest BCUT2D eigenvalue weighted by molar-refractivity contribution is -0.253. The van der Waals surface area contributed by atoms with Crippen molar-refractivity contribution in [2.24, 2.45) is 28.6 Å². The number of carbonyl (C=O) groups excluding carboxylic acids is 2. The summed E-state index contributed by atoms with van der Waals surface area (Å²) in [5.74, 6) is 0.0539. The molecule has 0 aromatic heterocycles. The molecule has 0 aromatic rings. The van der Waals surface area contributed by atoms with Crippen molar-refractivity contribution in [1.82, 2.24) is 0 Å². The first-order chi connectivity index (χ1) is 14.7. The molecule has 2 saturated carbocycles. The van der Waals surface area contributed by atoms with Gasteiger partial charge >= 0.3 is 11.9 Å². The monoisotopic (exact) mass is 434 g/mol. The average molecular weight is 435 g/mol. The Morgan fingerprint density at radius 3 is 2.61 bits per heavy atom. The van der Waals surface area contributed by atoms with Crippen molar-refractivity contribution in [1.29, 1.82) is 0 Å². The lowest BCUT2D eigenvalue weighted by Gasteiger charge is -2.64. The third-order valence-electron chi connectivity index (χ3n) is 9.18. The molecular formula is C24H34O7. The Bertz CT molecular complexity index is 789. The highest BCUT2D eigenvalue weighted by Crippen LogP contribution is 2.70. The predicted molar refractivity (Wildman–Crippen MR) is 110 cm³/mol. The van der Waals surface area contributed by atoms with Crippen LogP contribution in [-0.4, -0.2) is 49.3 Å². The molecule has 0 unspecified atom stereocenters. The largest absolute Gasteiger partial charge is 0.472 e.